The Labute approximate surface area is 57.1 Å². The lowest BCUT2D eigenvalue weighted by atomic mass is 10.4. The molecule has 1 aliphatic rings. The predicted molar refractivity (Wildman–Crippen MR) is 30.9 cm³/mol. The summed E-state index contributed by atoms with van der Waals surface area (Å²) in [6.07, 6.45) is 0.333. The molecule has 0 aromatic carbocycles. The van der Waals surface area contributed by atoms with Crippen LogP contribution in [0.5, 0.6) is 0 Å². The largest absolute Gasteiger partial charge is 0.469 e. The predicted octanol–water partition coefficient (Wildman–Crippen LogP) is -0.175. The van der Waals surface area contributed by atoms with Crippen molar-refractivity contribution in [3.05, 3.63) is 10.1 Å². The van der Waals surface area contributed by atoms with E-state index in [0.717, 1.165) is 0 Å². The third-order valence-electron chi connectivity index (χ3n) is 1.53. The second-order valence-corrected chi connectivity index (χ2v) is 2.22. The van der Waals surface area contributed by atoms with Gasteiger partial charge < -0.3 is 4.74 Å². The van der Waals surface area contributed by atoms with E-state index in [1.54, 1.807) is 0 Å². The van der Waals surface area contributed by atoms with Gasteiger partial charge in [-0.2, -0.15) is 0 Å². The number of nitrogens with zero attached hydrogens (tertiary/aromatic N) is 1. The molecule has 0 heterocycles. The number of carbonyl (C=O) groups excluding carboxylic acids is 1. The summed E-state index contributed by atoms with van der Waals surface area (Å²) in [5.74, 6) is -0.957. The van der Waals surface area contributed by atoms with Gasteiger partial charge >= 0.3 is 5.97 Å². The summed E-state index contributed by atoms with van der Waals surface area (Å²) >= 11 is 0. The van der Waals surface area contributed by atoms with E-state index in [1.165, 1.54) is 7.11 Å². The fourth-order valence-electron chi connectivity index (χ4n) is 0.819. The van der Waals surface area contributed by atoms with Crippen molar-refractivity contribution in [3.63, 3.8) is 0 Å². The molecule has 0 radical (unpaired) electrons. The molecule has 0 aliphatic heterocycles. The fraction of sp³-hybridized carbons (Fsp3) is 0.800. The Hall–Kier alpha value is -1.13. The summed E-state index contributed by atoms with van der Waals surface area (Å²) in [6, 6.07) is -0.688. The van der Waals surface area contributed by atoms with Crippen molar-refractivity contribution < 1.29 is 14.5 Å². The molecule has 5 heteroatoms. The van der Waals surface area contributed by atoms with Crippen LogP contribution in [0.15, 0.2) is 0 Å². The lowest BCUT2D eigenvalue weighted by molar-refractivity contribution is -0.497. The first-order valence-electron chi connectivity index (χ1n) is 2.88. The van der Waals surface area contributed by atoms with Crippen LogP contribution in [0.1, 0.15) is 6.42 Å². The highest BCUT2D eigenvalue weighted by Crippen LogP contribution is 2.33. The highest BCUT2D eigenvalue weighted by atomic mass is 16.6. The van der Waals surface area contributed by atoms with Crippen LogP contribution in [0.2, 0.25) is 0 Å². The van der Waals surface area contributed by atoms with Gasteiger partial charge in [0.15, 0.2) is 0 Å². The molecule has 56 valence electrons. The molecule has 0 spiro atoms. The van der Waals surface area contributed by atoms with Crippen LogP contribution in [-0.4, -0.2) is 24.0 Å². The van der Waals surface area contributed by atoms with Crippen molar-refractivity contribution in [3.8, 4) is 0 Å². The Bertz CT molecular complexity index is 178. The Morgan fingerprint density at radius 2 is 2.40 bits per heavy atom. The van der Waals surface area contributed by atoms with Gasteiger partial charge in [0, 0.05) is 11.3 Å². The molecule has 1 aliphatic carbocycles. The molecule has 5 nitrogen and oxygen atoms in total. The molecule has 0 unspecified atom stereocenters. The van der Waals surface area contributed by atoms with Crippen molar-refractivity contribution in [2.75, 3.05) is 7.11 Å². The lowest BCUT2D eigenvalue weighted by Crippen LogP contribution is -2.11. The minimum atomic E-state index is -0.688. The van der Waals surface area contributed by atoms with Gasteiger partial charge in [0.25, 0.3) is 0 Å². The number of esters is 1. The van der Waals surface area contributed by atoms with Crippen LogP contribution in [0.3, 0.4) is 0 Å². The third kappa shape index (κ3) is 1.07. The first-order chi connectivity index (χ1) is 4.66. The quantitative estimate of drug-likeness (QED) is 0.307. The van der Waals surface area contributed by atoms with Crippen molar-refractivity contribution in [2.45, 2.75) is 12.5 Å². The zero-order valence-electron chi connectivity index (χ0n) is 5.44. The number of rotatable bonds is 2. The molecule has 0 amide bonds. The monoisotopic (exact) mass is 145 g/mol. The smallest absolute Gasteiger partial charge is 0.315 e. The van der Waals surface area contributed by atoms with Gasteiger partial charge in [-0.3, -0.25) is 14.9 Å². The number of hydrogen-bond donors (Lipinski definition) is 0. The van der Waals surface area contributed by atoms with Crippen LogP contribution in [0, 0.1) is 16.0 Å². The Morgan fingerprint density at radius 1 is 1.80 bits per heavy atom. The van der Waals surface area contributed by atoms with E-state index >= 15 is 0 Å². The summed E-state index contributed by atoms with van der Waals surface area (Å²) in [7, 11) is 1.23. The molecule has 0 bridgehead atoms. The van der Waals surface area contributed by atoms with Gasteiger partial charge in [0.2, 0.25) is 6.04 Å². The van der Waals surface area contributed by atoms with Crippen LogP contribution >= 0.6 is 0 Å². The standard InChI is InChI=1S/C5H7NO4/c1-10-5(7)3-2-4(3)6(8)9/h3-4H,2H2,1H3/t3-,4-/m0/s1. The number of nitro groups is 1. The van der Waals surface area contributed by atoms with Gasteiger partial charge in [-0.15, -0.1) is 0 Å². The van der Waals surface area contributed by atoms with Crippen LogP contribution in [-0.2, 0) is 9.53 Å². The van der Waals surface area contributed by atoms with Crippen molar-refractivity contribution in [1.82, 2.24) is 0 Å². The SMILES string of the molecule is COC(=O)[C@H]1C[C@@H]1[N+](=O)[O-]. The number of ether oxygens (including phenoxy) is 1. The maximum atomic E-state index is 10.6. The van der Waals surface area contributed by atoms with Gasteiger partial charge in [0.05, 0.1) is 7.11 Å². The second-order valence-electron chi connectivity index (χ2n) is 2.22. The van der Waals surface area contributed by atoms with Crippen molar-refractivity contribution in [1.29, 1.82) is 0 Å². The Kier molecular flexibility index (Phi) is 1.57. The first kappa shape index (κ1) is 6.98. The number of carbonyl (C=O) groups is 1. The van der Waals surface area contributed by atoms with E-state index in [0.29, 0.717) is 6.42 Å². The molecule has 10 heavy (non-hydrogen) atoms. The van der Waals surface area contributed by atoms with E-state index in [2.05, 4.69) is 4.74 Å². The van der Waals surface area contributed by atoms with Gasteiger partial charge in [-0.25, -0.2) is 0 Å². The second kappa shape index (κ2) is 2.24. The zero-order valence-corrected chi connectivity index (χ0v) is 5.44. The highest BCUT2D eigenvalue weighted by Gasteiger charge is 2.54. The lowest BCUT2D eigenvalue weighted by Gasteiger charge is -1.91. The van der Waals surface area contributed by atoms with E-state index in [4.69, 9.17) is 0 Å². The molecule has 0 aromatic rings. The summed E-state index contributed by atoms with van der Waals surface area (Å²) in [5.41, 5.74) is 0. The maximum absolute atomic E-state index is 10.6. The number of methoxy groups -OCH3 is 1. The molecular weight excluding hydrogens is 138 g/mol. The highest BCUT2D eigenvalue weighted by molar-refractivity contribution is 5.76. The third-order valence-corrected chi connectivity index (χ3v) is 1.53. The molecule has 0 N–H and O–H groups in total. The normalized spacial score (nSPS) is 29.3. The zero-order chi connectivity index (χ0) is 7.72. The molecule has 0 saturated heterocycles. The van der Waals surface area contributed by atoms with Gasteiger partial charge in [-0.1, -0.05) is 0 Å². The van der Waals surface area contributed by atoms with E-state index in [9.17, 15) is 14.9 Å². The molecule has 0 aromatic heterocycles. The minimum absolute atomic E-state index is 0.333. The van der Waals surface area contributed by atoms with Crippen LogP contribution in [0.4, 0.5) is 0 Å². The van der Waals surface area contributed by atoms with Crippen LogP contribution in [0.25, 0.3) is 0 Å². The minimum Gasteiger partial charge on any atom is -0.469 e. The molecule has 1 saturated carbocycles. The van der Waals surface area contributed by atoms with Gasteiger partial charge in [0.1, 0.15) is 5.92 Å². The Balaban J connectivity index is 2.38. The van der Waals surface area contributed by atoms with E-state index in [1.807, 2.05) is 0 Å². The van der Waals surface area contributed by atoms with Crippen molar-refractivity contribution >= 4 is 5.97 Å². The number of hydrogen-bond acceptors (Lipinski definition) is 4. The van der Waals surface area contributed by atoms with E-state index < -0.39 is 22.9 Å². The fourth-order valence-corrected chi connectivity index (χ4v) is 0.819. The molecule has 2 atom stereocenters. The summed E-state index contributed by atoms with van der Waals surface area (Å²) in [4.78, 5) is 20.1. The Morgan fingerprint density at radius 3 is 2.70 bits per heavy atom. The van der Waals surface area contributed by atoms with Gasteiger partial charge in [-0.05, 0) is 0 Å². The topological polar surface area (TPSA) is 69.4 Å². The summed E-state index contributed by atoms with van der Waals surface area (Å²) in [5, 5.41) is 9.99. The van der Waals surface area contributed by atoms with Crippen LogP contribution < -0.4 is 0 Å². The average Bonchev–Trinajstić information content (AvgIpc) is 2.64. The van der Waals surface area contributed by atoms with E-state index in [-0.39, 0.29) is 0 Å². The summed E-state index contributed by atoms with van der Waals surface area (Å²) in [6.45, 7) is 0. The average molecular weight is 145 g/mol. The first-order valence-corrected chi connectivity index (χ1v) is 2.88. The summed E-state index contributed by atoms with van der Waals surface area (Å²) < 4.78 is 4.31. The molecular formula is C5H7NO4. The molecule has 1 fully saturated rings. The van der Waals surface area contributed by atoms with Crippen molar-refractivity contribution in [2.24, 2.45) is 5.92 Å². The molecule has 1 rings (SSSR count). The maximum Gasteiger partial charge on any atom is 0.315 e.